The second-order valence-electron chi connectivity index (χ2n) is 7.60. The van der Waals surface area contributed by atoms with Gasteiger partial charge in [-0.1, -0.05) is 36.8 Å². The highest BCUT2D eigenvalue weighted by Gasteiger charge is 2.20. The third-order valence-corrected chi connectivity index (χ3v) is 5.70. The van der Waals surface area contributed by atoms with E-state index in [1.807, 2.05) is 37.3 Å². The number of hydrogen-bond donors (Lipinski definition) is 0. The van der Waals surface area contributed by atoms with Gasteiger partial charge < -0.3 is 9.15 Å². The fourth-order valence-corrected chi connectivity index (χ4v) is 4.07. The normalized spacial score (nSPS) is 14.6. The highest BCUT2D eigenvalue weighted by molar-refractivity contribution is 5.85. The smallest absolute Gasteiger partial charge is 0.195 e. The first-order chi connectivity index (χ1) is 13.7. The van der Waals surface area contributed by atoms with Crippen molar-refractivity contribution in [1.29, 1.82) is 0 Å². The average Bonchev–Trinajstić information content (AvgIpc) is 2.74. The van der Waals surface area contributed by atoms with E-state index in [9.17, 15) is 4.79 Å². The van der Waals surface area contributed by atoms with Gasteiger partial charge >= 0.3 is 0 Å². The maximum Gasteiger partial charge on any atom is 0.195 e. The minimum atomic E-state index is 0. The minimum absolute atomic E-state index is 0. The summed E-state index contributed by atoms with van der Waals surface area (Å²) in [6, 6.07) is 13.9. The zero-order chi connectivity index (χ0) is 19.5. The van der Waals surface area contributed by atoms with E-state index >= 15 is 0 Å². The van der Waals surface area contributed by atoms with Crippen molar-refractivity contribution in [2.45, 2.75) is 39.2 Å². The molecule has 0 bridgehead atoms. The molecule has 0 aliphatic carbocycles. The Hall–Kier alpha value is -2.30. The van der Waals surface area contributed by atoms with Crippen LogP contribution in [0.3, 0.4) is 0 Å². The molecule has 0 radical (unpaired) electrons. The van der Waals surface area contributed by atoms with E-state index in [4.69, 9.17) is 9.15 Å². The van der Waals surface area contributed by atoms with Gasteiger partial charge in [-0.15, -0.1) is 12.4 Å². The Morgan fingerprint density at radius 3 is 2.45 bits per heavy atom. The SMILES string of the molecule is COc1ccc2c(=O)c(C)c(Cc3ccccc3)oc2c1CN1CCCCC1.Cl. The fourth-order valence-electron chi connectivity index (χ4n) is 4.07. The molecule has 0 saturated carbocycles. The molecule has 5 heteroatoms. The molecule has 29 heavy (non-hydrogen) atoms. The number of ether oxygens (including phenoxy) is 1. The predicted octanol–water partition coefficient (Wildman–Crippen LogP) is 5.11. The van der Waals surface area contributed by atoms with Crippen LogP contribution in [0.5, 0.6) is 5.75 Å². The zero-order valence-electron chi connectivity index (χ0n) is 17.1. The maximum atomic E-state index is 13.1. The molecule has 4 rings (SSSR count). The van der Waals surface area contributed by atoms with Crippen molar-refractivity contribution in [2.75, 3.05) is 20.2 Å². The molecule has 0 amide bonds. The van der Waals surface area contributed by atoms with Crippen molar-refractivity contribution in [3.05, 3.63) is 75.1 Å². The highest BCUT2D eigenvalue weighted by Crippen LogP contribution is 2.30. The summed E-state index contributed by atoms with van der Waals surface area (Å²) >= 11 is 0. The van der Waals surface area contributed by atoms with Crippen molar-refractivity contribution in [3.63, 3.8) is 0 Å². The van der Waals surface area contributed by atoms with Gasteiger partial charge in [0.05, 0.1) is 18.1 Å². The van der Waals surface area contributed by atoms with Crippen LogP contribution in [0.15, 0.2) is 51.7 Å². The molecular formula is C24H28ClNO3. The lowest BCUT2D eigenvalue weighted by Gasteiger charge is -2.27. The quantitative estimate of drug-likeness (QED) is 0.583. The van der Waals surface area contributed by atoms with Crippen LogP contribution >= 0.6 is 12.4 Å². The summed E-state index contributed by atoms with van der Waals surface area (Å²) in [5, 5.41) is 0.641. The lowest BCUT2D eigenvalue weighted by atomic mass is 10.0. The van der Waals surface area contributed by atoms with Gasteiger partial charge in [0, 0.05) is 18.5 Å². The Bertz CT molecular complexity index is 1020. The number of rotatable bonds is 5. The van der Waals surface area contributed by atoms with E-state index in [-0.39, 0.29) is 17.8 Å². The van der Waals surface area contributed by atoms with Crippen molar-refractivity contribution in [3.8, 4) is 5.75 Å². The maximum absolute atomic E-state index is 13.1. The number of halogens is 1. The lowest BCUT2D eigenvalue weighted by molar-refractivity contribution is 0.218. The van der Waals surface area contributed by atoms with E-state index in [1.54, 1.807) is 7.11 Å². The molecule has 1 fully saturated rings. The minimum Gasteiger partial charge on any atom is -0.496 e. The second kappa shape index (κ2) is 9.47. The molecule has 0 unspecified atom stereocenters. The monoisotopic (exact) mass is 413 g/mol. The molecule has 2 aromatic carbocycles. The van der Waals surface area contributed by atoms with E-state index in [0.717, 1.165) is 42.3 Å². The topological polar surface area (TPSA) is 42.7 Å². The van der Waals surface area contributed by atoms with Gasteiger partial charge in [-0.05, 0) is 50.6 Å². The lowest BCUT2D eigenvalue weighted by Crippen LogP contribution is -2.29. The van der Waals surface area contributed by atoms with Crippen LogP contribution in [-0.4, -0.2) is 25.1 Å². The van der Waals surface area contributed by atoms with Crippen LogP contribution in [0.25, 0.3) is 11.0 Å². The van der Waals surface area contributed by atoms with Crippen LogP contribution in [0.4, 0.5) is 0 Å². The molecule has 1 aliphatic heterocycles. The van der Waals surface area contributed by atoms with Crippen molar-refractivity contribution in [2.24, 2.45) is 0 Å². The van der Waals surface area contributed by atoms with Gasteiger partial charge in [0.15, 0.2) is 5.43 Å². The summed E-state index contributed by atoms with van der Waals surface area (Å²) in [5.41, 5.74) is 3.52. The number of benzene rings is 2. The van der Waals surface area contributed by atoms with Gasteiger partial charge in [0.2, 0.25) is 0 Å². The summed E-state index contributed by atoms with van der Waals surface area (Å²) in [4.78, 5) is 15.5. The molecule has 154 valence electrons. The van der Waals surface area contributed by atoms with Crippen LogP contribution in [0.2, 0.25) is 0 Å². The number of fused-ring (bicyclic) bond motifs is 1. The molecular weight excluding hydrogens is 386 g/mol. The number of nitrogens with zero attached hydrogens (tertiary/aromatic N) is 1. The number of hydrogen-bond acceptors (Lipinski definition) is 4. The average molecular weight is 414 g/mol. The van der Waals surface area contributed by atoms with Crippen LogP contribution in [-0.2, 0) is 13.0 Å². The third kappa shape index (κ3) is 4.49. The summed E-state index contributed by atoms with van der Waals surface area (Å²) in [5.74, 6) is 1.52. The Kier molecular flexibility index (Phi) is 6.99. The van der Waals surface area contributed by atoms with E-state index in [2.05, 4.69) is 17.0 Å². The zero-order valence-corrected chi connectivity index (χ0v) is 17.9. The second-order valence-corrected chi connectivity index (χ2v) is 7.60. The van der Waals surface area contributed by atoms with Gasteiger partial charge in [0.25, 0.3) is 0 Å². The number of methoxy groups -OCH3 is 1. The van der Waals surface area contributed by atoms with Crippen molar-refractivity contribution < 1.29 is 9.15 Å². The first-order valence-corrected chi connectivity index (χ1v) is 10.1. The predicted molar refractivity (Wildman–Crippen MR) is 119 cm³/mol. The Labute approximate surface area is 177 Å². The molecule has 3 aromatic rings. The first kappa shape index (κ1) is 21.4. The van der Waals surface area contributed by atoms with Gasteiger partial charge in [-0.3, -0.25) is 9.69 Å². The van der Waals surface area contributed by atoms with E-state index < -0.39 is 0 Å². The third-order valence-electron chi connectivity index (χ3n) is 5.70. The van der Waals surface area contributed by atoms with Crippen molar-refractivity contribution in [1.82, 2.24) is 4.90 Å². The first-order valence-electron chi connectivity index (χ1n) is 10.1. The Morgan fingerprint density at radius 1 is 1.03 bits per heavy atom. The molecule has 1 saturated heterocycles. The largest absolute Gasteiger partial charge is 0.496 e. The summed E-state index contributed by atoms with van der Waals surface area (Å²) in [6.45, 7) is 4.76. The van der Waals surface area contributed by atoms with Crippen LogP contribution < -0.4 is 10.2 Å². The molecule has 1 aliphatic rings. The highest BCUT2D eigenvalue weighted by atomic mass is 35.5. The molecule has 4 nitrogen and oxygen atoms in total. The molecule has 1 aromatic heterocycles. The van der Waals surface area contributed by atoms with Gasteiger partial charge in [0.1, 0.15) is 17.1 Å². The van der Waals surface area contributed by atoms with Gasteiger partial charge in [-0.2, -0.15) is 0 Å². The standard InChI is InChI=1S/C24H27NO3.ClH/c1-17-22(15-18-9-5-3-6-10-18)28-24-19(23(17)26)11-12-21(27-2)20(24)16-25-13-7-4-8-14-25;/h3,5-6,9-12H,4,7-8,13-16H2,1-2H3;1H. The van der Waals surface area contributed by atoms with Crippen molar-refractivity contribution >= 4 is 23.4 Å². The number of likely N-dealkylation sites (tertiary alicyclic amines) is 1. The summed E-state index contributed by atoms with van der Waals surface area (Å²) in [6.07, 6.45) is 4.34. The Morgan fingerprint density at radius 2 is 1.76 bits per heavy atom. The molecule has 0 atom stereocenters. The van der Waals surface area contributed by atoms with E-state index in [1.165, 1.54) is 19.3 Å². The Balaban J connectivity index is 0.00000240. The van der Waals surface area contributed by atoms with E-state index in [0.29, 0.717) is 23.0 Å². The number of piperidine rings is 1. The summed E-state index contributed by atoms with van der Waals surface area (Å²) in [7, 11) is 1.68. The van der Waals surface area contributed by atoms with Crippen LogP contribution in [0.1, 0.15) is 41.7 Å². The molecule has 0 spiro atoms. The summed E-state index contributed by atoms with van der Waals surface area (Å²) < 4.78 is 12.0. The molecule has 0 N–H and O–H groups in total. The van der Waals surface area contributed by atoms with Crippen LogP contribution in [0, 0.1) is 6.92 Å². The fraction of sp³-hybridized carbons (Fsp3) is 0.375. The van der Waals surface area contributed by atoms with Gasteiger partial charge in [-0.25, -0.2) is 0 Å². The molecule has 2 heterocycles.